The highest BCUT2D eigenvalue weighted by Gasteiger charge is 2.62. The van der Waals surface area contributed by atoms with E-state index in [4.69, 9.17) is 0 Å². The van der Waals surface area contributed by atoms with Crippen LogP contribution in [0.1, 0.15) is 36.0 Å². The van der Waals surface area contributed by atoms with E-state index in [2.05, 4.69) is 5.32 Å². The minimum Gasteiger partial charge on any atom is -0.324 e. The maximum absolute atomic E-state index is 13.5. The fourth-order valence-electron chi connectivity index (χ4n) is 6.15. The first kappa shape index (κ1) is 20.0. The first-order valence-electron chi connectivity index (χ1n) is 11.2. The number of nitrogens with zero attached hydrogens (tertiary/aromatic N) is 1. The molecule has 5 atom stereocenters. The number of benzene rings is 2. The van der Waals surface area contributed by atoms with Crippen molar-refractivity contribution in [2.75, 3.05) is 5.32 Å². The summed E-state index contributed by atoms with van der Waals surface area (Å²) in [6.07, 6.45) is 3.36. The van der Waals surface area contributed by atoms with Gasteiger partial charge in [-0.1, -0.05) is 36.4 Å². The number of hydrogen-bond donors (Lipinski definition) is 1. The van der Waals surface area contributed by atoms with Crippen molar-refractivity contribution in [2.24, 2.45) is 23.7 Å². The number of nitrogens with one attached hydrogen (secondary N) is 1. The van der Waals surface area contributed by atoms with Crippen LogP contribution in [0.5, 0.6) is 0 Å². The van der Waals surface area contributed by atoms with E-state index in [1.54, 1.807) is 0 Å². The van der Waals surface area contributed by atoms with Gasteiger partial charge in [0, 0.05) is 12.1 Å². The molecule has 31 heavy (non-hydrogen) atoms. The van der Waals surface area contributed by atoms with E-state index in [1.807, 2.05) is 62.4 Å². The fraction of sp³-hybridized carbons (Fsp3) is 0.423. The van der Waals surface area contributed by atoms with E-state index in [-0.39, 0.29) is 29.6 Å². The Hall–Kier alpha value is -2.95. The highest BCUT2D eigenvalue weighted by Crippen LogP contribution is 2.56. The Balaban J connectivity index is 1.46. The van der Waals surface area contributed by atoms with Crippen LogP contribution in [0, 0.1) is 37.5 Å². The van der Waals surface area contributed by atoms with Crippen molar-refractivity contribution in [3.63, 3.8) is 0 Å². The molecule has 2 saturated carbocycles. The molecule has 3 amide bonds. The number of carbonyl (C=O) groups excluding carboxylic acids is 3. The predicted molar refractivity (Wildman–Crippen MR) is 118 cm³/mol. The zero-order valence-corrected chi connectivity index (χ0v) is 18.0. The number of imide groups is 1. The Morgan fingerprint density at radius 1 is 0.968 bits per heavy atom. The van der Waals surface area contributed by atoms with E-state index >= 15 is 0 Å². The molecule has 5 heteroatoms. The van der Waals surface area contributed by atoms with Gasteiger partial charge in [-0.2, -0.15) is 0 Å². The third kappa shape index (κ3) is 3.46. The topological polar surface area (TPSA) is 66.5 Å². The number of amides is 3. The summed E-state index contributed by atoms with van der Waals surface area (Å²) in [6, 6.07) is 14.6. The van der Waals surface area contributed by atoms with Gasteiger partial charge in [-0.15, -0.1) is 0 Å². The maximum atomic E-state index is 13.5. The smallest absolute Gasteiger partial charge is 0.248 e. The van der Waals surface area contributed by atoms with Gasteiger partial charge in [0.25, 0.3) is 0 Å². The molecule has 1 heterocycles. The van der Waals surface area contributed by atoms with Gasteiger partial charge >= 0.3 is 0 Å². The van der Waals surface area contributed by atoms with Crippen molar-refractivity contribution in [3.8, 4) is 0 Å². The minimum absolute atomic E-state index is 0.140. The quantitative estimate of drug-likeness (QED) is 0.752. The van der Waals surface area contributed by atoms with Gasteiger partial charge in [-0.3, -0.25) is 19.3 Å². The SMILES string of the molecule is Cc1cc(C)cc(NC(=O)[C@@H](Cc2ccccc2)N2C(=O)[C@H]3[C@@H]4CC[C@H](C4)[C@@H]3C2=O)c1. The van der Waals surface area contributed by atoms with Gasteiger partial charge in [-0.05, 0) is 73.8 Å². The molecule has 5 nitrogen and oxygen atoms in total. The number of aryl methyl sites for hydroxylation is 2. The van der Waals surface area contributed by atoms with E-state index in [1.165, 1.54) is 4.90 Å². The molecular formula is C26H28N2O3. The second kappa shape index (κ2) is 7.63. The second-order valence-electron chi connectivity index (χ2n) is 9.50. The van der Waals surface area contributed by atoms with Crippen molar-refractivity contribution in [3.05, 3.63) is 65.2 Å². The molecule has 160 valence electrons. The molecule has 1 saturated heterocycles. The van der Waals surface area contributed by atoms with Crippen LogP contribution in [0.15, 0.2) is 48.5 Å². The molecule has 1 aliphatic heterocycles. The van der Waals surface area contributed by atoms with Gasteiger partial charge in [-0.25, -0.2) is 0 Å². The Labute approximate surface area is 182 Å². The summed E-state index contributed by atoms with van der Waals surface area (Å²) in [5, 5.41) is 2.98. The summed E-state index contributed by atoms with van der Waals surface area (Å²) in [5.74, 6) is -0.426. The van der Waals surface area contributed by atoms with E-state index in [0.29, 0.717) is 23.9 Å². The van der Waals surface area contributed by atoms with Crippen LogP contribution < -0.4 is 5.32 Å². The predicted octanol–water partition coefficient (Wildman–Crippen LogP) is 3.88. The lowest BCUT2D eigenvalue weighted by atomic mass is 9.81. The minimum atomic E-state index is -0.840. The summed E-state index contributed by atoms with van der Waals surface area (Å²) < 4.78 is 0. The number of likely N-dealkylation sites (tertiary alicyclic amines) is 1. The van der Waals surface area contributed by atoms with Gasteiger partial charge < -0.3 is 5.32 Å². The van der Waals surface area contributed by atoms with Crippen LogP contribution in [-0.4, -0.2) is 28.7 Å². The van der Waals surface area contributed by atoms with Crippen molar-refractivity contribution in [1.29, 1.82) is 0 Å². The molecular weight excluding hydrogens is 388 g/mol. The average molecular weight is 417 g/mol. The zero-order valence-electron chi connectivity index (χ0n) is 18.0. The molecule has 2 aromatic carbocycles. The normalized spacial score (nSPS) is 27.5. The summed E-state index contributed by atoms with van der Waals surface area (Å²) in [7, 11) is 0. The molecule has 1 N–H and O–H groups in total. The van der Waals surface area contributed by atoms with Crippen molar-refractivity contribution in [1.82, 2.24) is 4.90 Å². The molecule has 5 rings (SSSR count). The van der Waals surface area contributed by atoms with E-state index in [0.717, 1.165) is 36.0 Å². The van der Waals surface area contributed by atoms with Crippen LogP contribution in [0.2, 0.25) is 0 Å². The summed E-state index contributed by atoms with van der Waals surface area (Å²) in [6.45, 7) is 3.96. The Morgan fingerprint density at radius 3 is 2.13 bits per heavy atom. The molecule has 0 spiro atoms. The summed E-state index contributed by atoms with van der Waals surface area (Å²) in [4.78, 5) is 41.6. The van der Waals surface area contributed by atoms with E-state index < -0.39 is 6.04 Å². The first-order valence-corrected chi connectivity index (χ1v) is 11.2. The van der Waals surface area contributed by atoms with Crippen molar-refractivity contribution < 1.29 is 14.4 Å². The highest BCUT2D eigenvalue weighted by atomic mass is 16.2. The number of hydrogen-bond acceptors (Lipinski definition) is 3. The largest absolute Gasteiger partial charge is 0.324 e. The second-order valence-corrected chi connectivity index (χ2v) is 9.50. The third-order valence-corrected chi connectivity index (χ3v) is 7.34. The van der Waals surface area contributed by atoms with Crippen molar-refractivity contribution in [2.45, 2.75) is 45.6 Å². The lowest BCUT2D eigenvalue weighted by Crippen LogP contribution is -2.49. The third-order valence-electron chi connectivity index (χ3n) is 7.34. The Morgan fingerprint density at radius 2 is 1.55 bits per heavy atom. The highest BCUT2D eigenvalue weighted by molar-refractivity contribution is 6.10. The molecule has 0 aromatic heterocycles. The van der Waals surface area contributed by atoms with E-state index in [9.17, 15) is 14.4 Å². The number of rotatable bonds is 5. The van der Waals surface area contributed by atoms with Gasteiger partial charge in [0.05, 0.1) is 11.8 Å². The number of carbonyl (C=O) groups is 3. The van der Waals surface area contributed by atoms with Gasteiger partial charge in [0.15, 0.2) is 0 Å². The monoisotopic (exact) mass is 416 g/mol. The van der Waals surface area contributed by atoms with Crippen LogP contribution in [0.25, 0.3) is 0 Å². The Bertz CT molecular complexity index is 1000. The molecule has 2 bridgehead atoms. The fourth-order valence-corrected chi connectivity index (χ4v) is 6.15. The van der Waals surface area contributed by atoms with Crippen LogP contribution in [0.3, 0.4) is 0 Å². The Kier molecular flexibility index (Phi) is 4.92. The van der Waals surface area contributed by atoms with Crippen LogP contribution in [0.4, 0.5) is 5.69 Å². The summed E-state index contributed by atoms with van der Waals surface area (Å²) in [5.41, 5.74) is 3.73. The van der Waals surface area contributed by atoms with Gasteiger partial charge in [0.2, 0.25) is 17.7 Å². The summed E-state index contributed by atoms with van der Waals surface area (Å²) >= 11 is 0. The zero-order chi connectivity index (χ0) is 21.7. The lowest BCUT2D eigenvalue weighted by molar-refractivity contribution is -0.147. The maximum Gasteiger partial charge on any atom is 0.248 e. The first-order chi connectivity index (χ1) is 14.9. The molecule has 3 aliphatic rings. The van der Waals surface area contributed by atoms with Crippen LogP contribution >= 0.6 is 0 Å². The number of anilines is 1. The molecule has 0 unspecified atom stereocenters. The average Bonchev–Trinajstić information content (AvgIpc) is 3.40. The molecule has 0 radical (unpaired) electrons. The molecule has 2 aromatic rings. The molecule has 3 fully saturated rings. The molecule has 2 aliphatic carbocycles. The lowest BCUT2D eigenvalue weighted by Gasteiger charge is -2.27. The van der Waals surface area contributed by atoms with Gasteiger partial charge in [0.1, 0.15) is 6.04 Å². The van der Waals surface area contributed by atoms with Crippen molar-refractivity contribution >= 4 is 23.4 Å². The van der Waals surface area contributed by atoms with Crippen LogP contribution in [-0.2, 0) is 20.8 Å². The standard InChI is InChI=1S/C26H28N2O3/c1-15-10-16(2)12-20(11-15)27-24(29)21(13-17-6-4-3-5-7-17)28-25(30)22-18-8-9-19(14-18)23(22)26(28)31/h3-7,10-12,18-19,21-23H,8-9,13-14H2,1-2H3,(H,27,29)/t18-,19-,21-,22+,23+/m1/s1. The number of fused-ring (bicyclic) bond motifs is 5.